The highest BCUT2D eigenvalue weighted by molar-refractivity contribution is 6.07. The molecule has 3 aliphatic heterocycles. The molecular formula is C36H39N3O6. The molecule has 3 amide bonds. The average molecular weight is 610 g/mol. The van der Waals surface area contributed by atoms with Gasteiger partial charge in [-0.25, -0.2) is 0 Å². The number of para-hydroxylation sites is 1. The fraction of sp³-hybridized carbons (Fsp3) is 0.361. The second-order valence-electron chi connectivity index (χ2n) is 12.1. The number of likely N-dealkylation sites (tertiary alicyclic amines) is 1. The minimum absolute atomic E-state index is 0.0191. The van der Waals surface area contributed by atoms with Gasteiger partial charge in [0.2, 0.25) is 11.8 Å². The first-order chi connectivity index (χ1) is 21.8. The average Bonchev–Trinajstić information content (AvgIpc) is 3.62. The van der Waals surface area contributed by atoms with Crippen molar-refractivity contribution >= 4 is 34.8 Å². The molecule has 234 valence electrons. The van der Waals surface area contributed by atoms with Crippen LogP contribution in [-0.4, -0.2) is 59.1 Å². The van der Waals surface area contributed by atoms with Crippen molar-refractivity contribution in [3.63, 3.8) is 0 Å². The summed E-state index contributed by atoms with van der Waals surface area (Å²) in [7, 11) is 1.54. The van der Waals surface area contributed by atoms with Gasteiger partial charge in [0.05, 0.1) is 37.7 Å². The molecule has 0 saturated carbocycles. The number of hydrogen-bond donors (Lipinski definition) is 2. The van der Waals surface area contributed by atoms with E-state index >= 15 is 0 Å². The molecule has 3 aliphatic rings. The molecule has 6 rings (SSSR count). The highest BCUT2D eigenvalue weighted by Crippen LogP contribution is 2.47. The van der Waals surface area contributed by atoms with Crippen LogP contribution in [0, 0.1) is 5.92 Å². The number of benzene rings is 3. The van der Waals surface area contributed by atoms with Gasteiger partial charge in [0, 0.05) is 36.6 Å². The molecule has 0 unspecified atom stereocenters. The third-order valence-corrected chi connectivity index (χ3v) is 9.36. The number of aryl methyl sites for hydroxylation is 1. The van der Waals surface area contributed by atoms with Crippen molar-refractivity contribution in [2.24, 2.45) is 5.92 Å². The van der Waals surface area contributed by atoms with Crippen LogP contribution in [0.5, 0.6) is 5.75 Å². The first-order valence-electron chi connectivity index (χ1n) is 15.6. The number of methoxy groups -OCH3 is 1. The molecule has 3 atom stereocenters. The minimum Gasteiger partial charge on any atom is -0.497 e. The van der Waals surface area contributed by atoms with Crippen LogP contribution >= 0.6 is 0 Å². The molecule has 3 aromatic carbocycles. The number of carbonyl (C=O) groups is 3. The van der Waals surface area contributed by atoms with Crippen molar-refractivity contribution in [2.45, 2.75) is 57.2 Å². The SMILES string of the molecule is COc1ccc2c(c1)[C@](O)([C@@H](C)/C=C/CC(=O)N1CCC[C@H]1CO)C(=O)N2Cc1cccc(N2C(=O)CCc3ccccc32)c1. The number of anilines is 3. The number of rotatable bonds is 9. The Morgan fingerprint density at radius 2 is 1.89 bits per heavy atom. The summed E-state index contributed by atoms with van der Waals surface area (Å²) in [5, 5.41) is 21.7. The molecule has 1 fully saturated rings. The van der Waals surface area contributed by atoms with Gasteiger partial charge in [-0.05, 0) is 66.8 Å². The van der Waals surface area contributed by atoms with Gasteiger partial charge in [-0.15, -0.1) is 0 Å². The van der Waals surface area contributed by atoms with Gasteiger partial charge >= 0.3 is 0 Å². The zero-order valence-electron chi connectivity index (χ0n) is 25.7. The summed E-state index contributed by atoms with van der Waals surface area (Å²) in [6.07, 6.45) is 6.31. The van der Waals surface area contributed by atoms with E-state index in [1.54, 1.807) is 52.0 Å². The molecule has 0 bridgehead atoms. The van der Waals surface area contributed by atoms with Gasteiger partial charge in [-0.3, -0.25) is 19.3 Å². The van der Waals surface area contributed by atoms with Crippen LogP contribution in [0.2, 0.25) is 0 Å². The number of ether oxygens (including phenoxy) is 1. The Bertz CT molecular complexity index is 1650. The van der Waals surface area contributed by atoms with E-state index in [9.17, 15) is 24.6 Å². The Kier molecular flexibility index (Phi) is 8.48. The van der Waals surface area contributed by atoms with E-state index < -0.39 is 17.4 Å². The number of hydrogen-bond acceptors (Lipinski definition) is 6. The lowest BCUT2D eigenvalue weighted by molar-refractivity contribution is -0.139. The highest BCUT2D eigenvalue weighted by Gasteiger charge is 2.52. The van der Waals surface area contributed by atoms with Gasteiger partial charge in [0.15, 0.2) is 5.60 Å². The predicted molar refractivity (Wildman–Crippen MR) is 171 cm³/mol. The second-order valence-corrected chi connectivity index (χ2v) is 12.1. The van der Waals surface area contributed by atoms with Crippen LogP contribution in [0.3, 0.4) is 0 Å². The number of aliphatic hydroxyl groups excluding tert-OH is 1. The van der Waals surface area contributed by atoms with Crippen molar-refractivity contribution in [3.8, 4) is 5.75 Å². The molecule has 1 saturated heterocycles. The number of aliphatic hydroxyl groups is 2. The van der Waals surface area contributed by atoms with Crippen LogP contribution in [0.15, 0.2) is 78.9 Å². The molecule has 0 spiro atoms. The lowest BCUT2D eigenvalue weighted by Gasteiger charge is -2.30. The quantitative estimate of drug-likeness (QED) is 0.343. The van der Waals surface area contributed by atoms with Crippen molar-refractivity contribution in [2.75, 3.05) is 30.1 Å². The molecule has 9 heteroatoms. The Morgan fingerprint density at radius 3 is 2.69 bits per heavy atom. The molecule has 45 heavy (non-hydrogen) atoms. The maximum atomic E-state index is 14.2. The lowest BCUT2D eigenvalue weighted by atomic mass is 9.83. The zero-order valence-corrected chi connectivity index (χ0v) is 25.7. The Balaban J connectivity index is 1.26. The van der Waals surface area contributed by atoms with E-state index in [0.29, 0.717) is 36.4 Å². The number of nitrogens with zero attached hydrogens (tertiary/aromatic N) is 3. The van der Waals surface area contributed by atoms with Crippen molar-refractivity contribution in [1.29, 1.82) is 0 Å². The van der Waals surface area contributed by atoms with Crippen LogP contribution in [0.25, 0.3) is 0 Å². The largest absolute Gasteiger partial charge is 0.497 e. The van der Waals surface area contributed by atoms with Crippen molar-refractivity contribution in [3.05, 3.63) is 95.6 Å². The van der Waals surface area contributed by atoms with Crippen LogP contribution in [-0.2, 0) is 33.0 Å². The van der Waals surface area contributed by atoms with E-state index in [1.807, 2.05) is 48.5 Å². The maximum Gasteiger partial charge on any atom is 0.264 e. The van der Waals surface area contributed by atoms with Gasteiger partial charge in [0.25, 0.3) is 5.91 Å². The van der Waals surface area contributed by atoms with E-state index in [2.05, 4.69) is 0 Å². The van der Waals surface area contributed by atoms with Gasteiger partial charge in [-0.2, -0.15) is 0 Å². The summed E-state index contributed by atoms with van der Waals surface area (Å²) in [6, 6.07) is 20.6. The molecule has 9 nitrogen and oxygen atoms in total. The summed E-state index contributed by atoms with van der Waals surface area (Å²) in [6.45, 7) is 2.51. The fourth-order valence-electron chi connectivity index (χ4n) is 6.88. The molecule has 3 heterocycles. The molecule has 3 aromatic rings. The Morgan fingerprint density at radius 1 is 1.07 bits per heavy atom. The van der Waals surface area contributed by atoms with E-state index in [-0.39, 0.29) is 37.4 Å². The van der Waals surface area contributed by atoms with Crippen LogP contribution in [0.1, 0.15) is 49.3 Å². The third kappa shape index (κ3) is 5.51. The second kappa shape index (κ2) is 12.5. The summed E-state index contributed by atoms with van der Waals surface area (Å²) in [5.74, 6) is -0.682. The zero-order chi connectivity index (χ0) is 31.7. The summed E-state index contributed by atoms with van der Waals surface area (Å²) >= 11 is 0. The van der Waals surface area contributed by atoms with Crippen molar-refractivity contribution in [1.82, 2.24) is 4.90 Å². The van der Waals surface area contributed by atoms with Gasteiger partial charge in [0.1, 0.15) is 5.75 Å². The summed E-state index contributed by atoms with van der Waals surface area (Å²) in [4.78, 5) is 45.0. The Hall–Kier alpha value is -4.47. The normalized spacial score (nSPS) is 21.8. The molecular weight excluding hydrogens is 570 g/mol. The van der Waals surface area contributed by atoms with E-state index in [4.69, 9.17) is 4.74 Å². The van der Waals surface area contributed by atoms with Crippen LogP contribution in [0.4, 0.5) is 17.1 Å². The minimum atomic E-state index is -1.88. The Labute approximate surface area is 263 Å². The number of amides is 3. The standard InChI is InChI=1S/C36H39N3O6/c1-24(8-5-14-33(41)37-19-7-12-28(37)23-40)36(44)30-21-29(45-2)16-17-32(30)38(35(36)43)22-25-9-6-11-27(20-25)39-31-13-4-3-10-26(31)15-18-34(39)42/h3-6,8-11,13,16-17,20-21,24,28,40,44H,7,12,14-15,18-19,22-23H2,1-2H3/b8-5+/t24-,28-,36+/m0/s1. The third-order valence-electron chi connectivity index (χ3n) is 9.36. The van der Waals surface area contributed by atoms with E-state index in [0.717, 1.165) is 35.3 Å². The summed E-state index contributed by atoms with van der Waals surface area (Å²) < 4.78 is 5.45. The first-order valence-corrected chi connectivity index (χ1v) is 15.6. The fourth-order valence-corrected chi connectivity index (χ4v) is 6.88. The smallest absolute Gasteiger partial charge is 0.264 e. The number of fused-ring (bicyclic) bond motifs is 2. The number of carbonyl (C=O) groups excluding carboxylic acids is 3. The predicted octanol–water partition coefficient (Wildman–Crippen LogP) is 4.61. The van der Waals surface area contributed by atoms with E-state index in [1.165, 1.54) is 7.11 Å². The molecule has 0 aliphatic carbocycles. The molecule has 0 aromatic heterocycles. The lowest BCUT2D eigenvalue weighted by Crippen LogP contribution is -2.44. The molecule has 2 N–H and O–H groups in total. The molecule has 0 radical (unpaired) electrons. The van der Waals surface area contributed by atoms with Gasteiger partial charge in [-0.1, -0.05) is 49.4 Å². The van der Waals surface area contributed by atoms with Gasteiger partial charge < -0.3 is 24.7 Å². The first kappa shape index (κ1) is 30.6. The van der Waals surface area contributed by atoms with Crippen molar-refractivity contribution < 1.29 is 29.3 Å². The topological polar surface area (TPSA) is 111 Å². The highest BCUT2D eigenvalue weighted by atomic mass is 16.5. The monoisotopic (exact) mass is 609 g/mol. The van der Waals surface area contributed by atoms with Crippen LogP contribution < -0.4 is 14.5 Å². The maximum absolute atomic E-state index is 14.2. The summed E-state index contributed by atoms with van der Waals surface area (Å²) in [5.41, 5.74) is 2.64.